The summed E-state index contributed by atoms with van der Waals surface area (Å²) in [6.45, 7) is 5.34. The molecule has 26 heavy (non-hydrogen) atoms. The van der Waals surface area contributed by atoms with Crippen LogP contribution in [0, 0.1) is 12.7 Å². The van der Waals surface area contributed by atoms with E-state index in [2.05, 4.69) is 4.72 Å². The molecule has 2 aromatic rings. The summed E-state index contributed by atoms with van der Waals surface area (Å²) in [6.07, 6.45) is 0.464. The Hall–Kier alpha value is -2.12. The van der Waals surface area contributed by atoms with Crippen molar-refractivity contribution in [2.24, 2.45) is 0 Å². The van der Waals surface area contributed by atoms with Gasteiger partial charge >= 0.3 is 0 Å². The highest BCUT2D eigenvalue weighted by molar-refractivity contribution is 7.89. The number of methoxy groups -OCH3 is 1. The van der Waals surface area contributed by atoms with Crippen LogP contribution in [0.15, 0.2) is 41.3 Å². The van der Waals surface area contributed by atoms with Crippen molar-refractivity contribution in [1.82, 2.24) is 4.72 Å². The minimum absolute atomic E-state index is 0.0377. The van der Waals surface area contributed by atoms with Crippen LogP contribution >= 0.6 is 0 Å². The Balaban J connectivity index is 1.97. The number of ether oxygens (including phenoxy) is 2. The minimum Gasteiger partial charge on any atom is -0.497 e. The molecule has 1 heterocycles. The van der Waals surface area contributed by atoms with Crippen molar-refractivity contribution in [2.45, 2.75) is 43.7 Å². The number of fused-ring (bicyclic) bond motifs is 1. The lowest BCUT2D eigenvalue weighted by molar-refractivity contribution is 0.0699. The number of rotatable bonds is 4. The van der Waals surface area contributed by atoms with Gasteiger partial charge in [-0.3, -0.25) is 0 Å². The Labute approximate surface area is 153 Å². The second kappa shape index (κ2) is 6.55. The van der Waals surface area contributed by atoms with Crippen LogP contribution in [0.25, 0.3) is 0 Å². The fourth-order valence-corrected chi connectivity index (χ4v) is 4.40. The average Bonchev–Trinajstić information content (AvgIpc) is 2.55. The van der Waals surface area contributed by atoms with E-state index in [-0.39, 0.29) is 10.5 Å². The van der Waals surface area contributed by atoms with Gasteiger partial charge in [-0.25, -0.2) is 17.5 Å². The zero-order valence-electron chi connectivity index (χ0n) is 15.2. The van der Waals surface area contributed by atoms with E-state index >= 15 is 0 Å². The summed E-state index contributed by atoms with van der Waals surface area (Å²) in [5, 5.41) is 0. The Morgan fingerprint density at radius 2 is 1.96 bits per heavy atom. The molecule has 0 bridgehead atoms. The van der Waals surface area contributed by atoms with Gasteiger partial charge in [0.15, 0.2) is 0 Å². The molecule has 7 heteroatoms. The van der Waals surface area contributed by atoms with Crippen LogP contribution in [-0.2, 0) is 10.0 Å². The largest absolute Gasteiger partial charge is 0.497 e. The molecule has 0 amide bonds. The van der Waals surface area contributed by atoms with Crippen molar-refractivity contribution in [3.05, 3.63) is 53.3 Å². The third-order valence-corrected chi connectivity index (χ3v) is 5.88. The molecule has 5 nitrogen and oxygen atoms in total. The van der Waals surface area contributed by atoms with Crippen LogP contribution in [0.3, 0.4) is 0 Å². The van der Waals surface area contributed by atoms with E-state index in [1.54, 1.807) is 25.3 Å². The highest BCUT2D eigenvalue weighted by Gasteiger charge is 2.36. The van der Waals surface area contributed by atoms with E-state index in [4.69, 9.17) is 9.47 Å². The first-order chi connectivity index (χ1) is 12.1. The molecule has 0 fully saturated rings. The van der Waals surface area contributed by atoms with Gasteiger partial charge in [0.2, 0.25) is 10.0 Å². The van der Waals surface area contributed by atoms with Crippen LogP contribution in [0.4, 0.5) is 4.39 Å². The molecule has 0 saturated heterocycles. The first kappa shape index (κ1) is 18.7. The average molecular weight is 379 g/mol. The fourth-order valence-electron chi connectivity index (χ4n) is 3.10. The fraction of sp³-hybridized carbons (Fsp3) is 0.368. The normalized spacial score (nSPS) is 18.7. The number of hydrogen-bond donors (Lipinski definition) is 1. The summed E-state index contributed by atoms with van der Waals surface area (Å²) >= 11 is 0. The quantitative estimate of drug-likeness (QED) is 0.879. The van der Waals surface area contributed by atoms with E-state index in [0.29, 0.717) is 17.9 Å². The highest BCUT2D eigenvalue weighted by Crippen LogP contribution is 2.41. The molecule has 0 radical (unpaired) electrons. The summed E-state index contributed by atoms with van der Waals surface area (Å²) < 4.78 is 53.0. The summed E-state index contributed by atoms with van der Waals surface area (Å²) in [5.74, 6) is 0.786. The Bertz CT molecular complexity index is 941. The van der Waals surface area contributed by atoms with E-state index in [9.17, 15) is 12.8 Å². The lowest BCUT2D eigenvalue weighted by Gasteiger charge is -2.37. The SMILES string of the molecule is COc1ccc2c(c1)OC(C)(C)C[C@H]2NS(=O)(=O)c1ccc(F)c(C)c1. The summed E-state index contributed by atoms with van der Waals surface area (Å²) in [4.78, 5) is 0.0377. The number of sulfonamides is 1. The van der Waals surface area contributed by atoms with Gasteiger partial charge in [0.25, 0.3) is 0 Å². The molecular weight excluding hydrogens is 357 g/mol. The molecule has 2 aromatic carbocycles. The molecule has 1 atom stereocenters. The molecule has 0 saturated carbocycles. The second-order valence-corrected chi connectivity index (χ2v) is 8.77. The van der Waals surface area contributed by atoms with E-state index in [1.807, 2.05) is 13.8 Å². The molecular formula is C19H22FNO4S. The van der Waals surface area contributed by atoms with Crippen LogP contribution in [0.2, 0.25) is 0 Å². The minimum atomic E-state index is -3.81. The molecule has 140 valence electrons. The number of nitrogens with one attached hydrogen (secondary N) is 1. The summed E-state index contributed by atoms with van der Waals surface area (Å²) in [6, 6.07) is 8.61. The molecule has 1 aliphatic rings. The predicted octanol–water partition coefficient (Wildman–Crippen LogP) is 3.72. The summed E-state index contributed by atoms with van der Waals surface area (Å²) in [7, 11) is -2.25. The van der Waals surface area contributed by atoms with Gasteiger partial charge < -0.3 is 9.47 Å². The van der Waals surface area contributed by atoms with Crippen molar-refractivity contribution in [3.8, 4) is 11.5 Å². The molecule has 0 unspecified atom stereocenters. The standard InChI is InChI=1S/C19H22FNO4S/c1-12-9-14(6-8-16(12)20)26(22,23)21-17-11-19(2,3)25-18-10-13(24-4)5-7-15(17)18/h5-10,17,21H,11H2,1-4H3/t17-/m1/s1. The monoisotopic (exact) mass is 379 g/mol. The van der Waals surface area contributed by atoms with Gasteiger partial charge in [-0.1, -0.05) is 6.07 Å². The Kier molecular flexibility index (Phi) is 4.71. The van der Waals surface area contributed by atoms with Gasteiger partial charge in [-0.15, -0.1) is 0 Å². The number of aryl methyl sites for hydroxylation is 1. The van der Waals surface area contributed by atoms with Gasteiger partial charge in [0, 0.05) is 18.1 Å². The van der Waals surface area contributed by atoms with Crippen LogP contribution in [0.5, 0.6) is 11.5 Å². The maximum atomic E-state index is 13.5. The lowest BCUT2D eigenvalue weighted by Crippen LogP contribution is -2.41. The topological polar surface area (TPSA) is 64.6 Å². The number of hydrogen-bond acceptors (Lipinski definition) is 4. The molecule has 3 rings (SSSR count). The molecule has 1 aliphatic heterocycles. The van der Waals surface area contributed by atoms with Gasteiger partial charge in [0.05, 0.1) is 18.0 Å². The first-order valence-electron chi connectivity index (χ1n) is 8.27. The van der Waals surface area contributed by atoms with Crippen LogP contribution in [0.1, 0.15) is 37.4 Å². The van der Waals surface area contributed by atoms with Crippen molar-refractivity contribution in [3.63, 3.8) is 0 Å². The lowest BCUT2D eigenvalue weighted by atomic mass is 9.90. The van der Waals surface area contributed by atoms with Crippen molar-refractivity contribution < 1.29 is 22.3 Å². The molecule has 0 spiro atoms. The Morgan fingerprint density at radius 3 is 2.62 bits per heavy atom. The zero-order chi connectivity index (χ0) is 19.1. The first-order valence-corrected chi connectivity index (χ1v) is 9.75. The van der Waals surface area contributed by atoms with Crippen LogP contribution < -0.4 is 14.2 Å². The number of benzene rings is 2. The van der Waals surface area contributed by atoms with Gasteiger partial charge in [-0.2, -0.15) is 0 Å². The van der Waals surface area contributed by atoms with E-state index < -0.39 is 27.5 Å². The van der Waals surface area contributed by atoms with E-state index in [0.717, 1.165) is 11.6 Å². The third kappa shape index (κ3) is 3.68. The highest BCUT2D eigenvalue weighted by atomic mass is 32.2. The molecule has 1 N–H and O–H groups in total. The maximum Gasteiger partial charge on any atom is 0.241 e. The predicted molar refractivity (Wildman–Crippen MR) is 96.5 cm³/mol. The second-order valence-electron chi connectivity index (χ2n) is 7.05. The van der Waals surface area contributed by atoms with Gasteiger partial charge in [-0.05, 0) is 50.6 Å². The Morgan fingerprint density at radius 1 is 1.23 bits per heavy atom. The van der Waals surface area contributed by atoms with Gasteiger partial charge in [0.1, 0.15) is 22.9 Å². The van der Waals surface area contributed by atoms with Crippen molar-refractivity contribution in [1.29, 1.82) is 0 Å². The van der Waals surface area contributed by atoms with Crippen LogP contribution in [-0.4, -0.2) is 21.1 Å². The third-order valence-electron chi connectivity index (χ3n) is 4.42. The molecule has 0 aliphatic carbocycles. The zero-order valence-corrected chi connectivity index (χ0v) is 16.0. The molecule has 0 aromatic heterocycles. The smallest absolute Gasteiger partial charge is 0.241 e. The van der Waals surface area contributed by atoms with Crippen molar-refractivity contribution in [2.75, 3.05) is 7.11 Å². The number of halogens is 1. The van der Waals surface area contributed by atoms with Crippen molar-refractivity contribution >= 4 is 10.0 Å². The summed E-state index contributed by atoms with van der Waals surface area (Å²) in [5.41, 5.74) is 0.475. The van der Waals surface area contributed by atoms with E-state index in [1.165, 1.54) is 19.1 Å². The maximum absolute atomic E-state index is 13.5.